The summed E-state index contributed by atoms with van der Waals surface area (Å²) in [6.45, 7) is 0.214. The molecule has 0 aromatic heterocycles. The molecule has 0 saturated heterocycles. The molecule has 0 atom stereocenters. The SMILES string of the molecule is COc1cc(OC)c(NCC(=O)N(C)C2CC2)cc1Cl. The molecule has 6 heteroatoms. The predicted molar refractivity (Wildman–Crippen MR) is 78.8 cm³/mol. The van der Waals surface area contributed by atoms with Gasteiger partial charge in [-0.05, 0) is 18.9 Å². The van der Waals surface area contributed by atoms with E-state index >= 15 is 0 Å². The van der Waals surface area contributed by atoms with Crippen molar-refractivity contribution in [2.75, 3.05) is 33.1 Å². The lowest BCUT2D eigenvalue weighted by molar-refractivity contribution is -0.128. The Morgan fingerprint density at radius 3 is 2.55 bits per heavy atom. The van der Waals surface area contributed by atoms with Gasteiger partial charge in [-0.2, -0.15) is 0 Å². The molecule has 1 N–H and O–H groups in total. The molecular weight excluding hydrogens is 280 g/mol. The fourth-order valence-corrected chi connectivity index (χ4v) is 2.20. The van der Waals surface area contributed by atoms with Gasteiger partial charge in [0, 0.05) is 19.2 Å². The van der Waals surface area contributed by atoms with Gasteiger partial charge in [0.2, 0.25) is 5.91 Å². The number of anilines is 1. The van der Waals surface area contributed by atoms with Crippen LogP contribution in [0.3, 0.4) is 0 Å². The van der Waals surface area contributed by atoms with Crippen LogP contribution in [-0.2, 0) is 4.79 Å². The minimum atomic E-state index is 0.0569. The number of hydrogen-bond acceptors (Lipinski definition) is 4. The number of benzene rings is 1. The van der Waals surface area contributed by atoms with Gasteiger partial charge in [0.15, 0.2) is 0 Å². The maximum atomic E-state index is 12.0. The second-order valence-corrected chi connectivity index (χ2v) is 5.18. The van der Waals surface area contributed by atoms with Crippen molar-refractivity contribution in [3.8, 4) is 11.5 Å². The molecule has 1 fully saturated rings. The predicted octanol–water partition coefficient (Wildman–Crippen LogP) is 2.39. The van der Waals surface area contributed by atoms with E-state index in [2.05, 4.69) is 5.32 Å². The molecule has 1 aromatic carbocycles. The molecule has 20 heavy (non-hydrogen) atoms. The normalized spacial score (nSPS) is 13.8. The van der Waals surface area contributed by atoms with E-state index < -0.39 is 0 Å². The highest BCUT2D eigenvalue weighted by Crippen LogP contribution is 2.35. The van der Waals surface area contributed by atoms with Gasteiger partial charge in [0.25, 0.3) is 0 Å². The second kappa shape index (κ2) is 6.22. The van der Waals surface area contributed by atoms with Crippen molar-refractivity contribution >= 4 is 23.2 Å². The Labute approximate surface area is 123 Å². The van der Waals surface area contributed by atoms with Crippen molar-refractivity contribution in [2.24, 2.45) is 0 Å². The number of ether oxygens (including phenoxy) is 2. The average molecular weight is 299 g/mol. The molecule has 1 aromatic rings. The minimum absolute atomic E-state index is 0.0569. The molecule has 0 radical (unpaired) electrons. The number of likely N-dealkylation sites (N-methyl/N-ethyl adjacent to an activating group) is 1. The number of nitrogens with one attached hydrogen (secondary N) is 1. The van der Waals surface area contributed by atoms with E-state index in [1.54, 1.807) is 31.3 Å². The number of halogens is 1. The fraction of sp³-hybridized carbons (Fsp3) is 0.500. The molecule has 2 rings (SSSR count). The van der Waals surface area contributed by atoms with Gasteiger partial charge in [-0.1, -0.05) is 11.6 Å². The van der Waals surface area contributed by atoms with E-state index in [9.17, 15) is 4.79 Å². The van der Waals surface area contributed by atoms with Crippen molar-refractivity contribution in [3.05, 3.63) is 17.2 Å². The average Bonchev–Trinajstić information content (AvgIpc) is 3.28. The van der Waals surface area contributed by atoms with Crippen LogP contribution in [-0.4, -0.2) is 44.7 Å². The number of nitrogens with zero attached hydrogens (tertiary/aromatic N) is 1. The summed E-state index contributed by atoms with van der Waals surface area (Å²) < 4.78 is 10.4. The first-order chi connectivity index (χ1) is 9.56. The first kappa shape index (κ1) is 14.8. The van der Waals surface area contributed by atoms with Crippen LogP contribution < -0.4 is 14.8 Å². The maximum absolute atomic E-state index is 12.0. The molecule has 0 bridgehead atoms. The zero-order chi connectivity index (χ0) is 14.7. The van der Waals surface area contributed by atoms with E-state index in [0.717, 1.165) is 12.8 Å². The third-order valence-corrected chi connectivity index (χ3v) is 3.69. The highest BCUT2D eigenvalue weighted by atomic mass is 35.5. The van der Waals surface area contributed by atoms with Gasteiger partial charge < -0.3 is 19.7 Å². The Bertz CT molecular complexity index is 503. The van der Waals surface area contributed by atoms with Gasteiger partial charge >= 0.3 is 0 Å². The lowest BCUT2D eigenvalue weighted by Crippen LogP contribution is -2.33. The van der Waals surface area contributed by atoms with Gasteiger partial charge in [-0.25, -0.2) is 0 Å². The number of carbonyl (C=O) groups excluding carboxylic acids is 1. The summed E-state index contributed by atoms with van der Waals surface area (Å²) >= 11 is 6.08. The molecule has 0 heterocycles. The number of rotatable bonds is 6. The van der Waals surface area contributed by atoms with Gasteiger partial charge in [-0.15, -0.1) is 0 Å². The van der Waals surface area contributed by atoms with Crippen LogP contribution in [0.25, 0.3) is 0 Å². The molecule has 5 nitrogen and oxygen atoms in total. The van der Waals surface area contributed by atoms with Crippen molar-refractivity contribution in [1.82, 2.24) is 4.90 Å². The monoisotopic (exact) mass is 298 g/mol. The Kier molecular flexibility index (Phi) is 4.60. The molecule has 0 unspecified atom stereocenters. The number of amides is 1. The van der Waals surface area contributed by atoms with E-state index in [1.165, 1.54) is 0 Å². The third-order valence-electron chi connectivity index (χ3n) is 3.39. The zero-order valence-electron chi connectivity index (χ0n) is 11.9. The van der Waals surface area contributed by atoms with Crippen LogP contribution in [0, 0.1) is 0 Å². The number of carbonyl (C=O) groups is 1. The van der Waals surface area contributed by atoms with Crippen LogP contribution in [0.15, 0.2) is 12.1 Å². The third kappa shape index (κ3) is 3.28. The summed E-state index contributed by atoms with van der Waals surface area (Å²) in [5, 5.41) is 3.53. The summed E-state index contributed by atoms with van der Waals surface area (Å²) in [5.74, 6) is 1.19. The van der Waals surface area contributed by atoms with Gasteiger partial charge in [0.05, 0.1) is 31.5 Å². The summed E-state index contributed by atoms with van der Waals surface area (Å²) in [6.07, 6.45) is 2.19. The first-order valence-electron chi connectivity index (χ1n) is 6.48. The van der Waals surface area contributed by atoms with E-state index in [0.29, 0.717) is 28.3 Å². The number of methoxy groups -OCH3 is 2. The second-order valence-electron chi connectivity index (χ2n) is 4.78. The van der Waals surface area contributed by atoms with E-state index in [-0.39, 0.29) is 12.5 Å². The van der Waals surface area contributed by atoms with Gasteiger partial charge in [-0.3, -0.25) is 4.79 Å². The molecule has 0 aliphatic heterocycles. The molecular formula is C14H19ClN2O3. The molecule has 1 saturated carbocycles. The Balaban J connectivity index is 2.04. The highest BCUT2D eigenvalue weighted by Gasteiger charge is 2.29. The summed E-state index contributed by atoms with van der Waals surface area (Å²) in [4.78, 5) is 13.8. The fourth-order valence-electron chi connectivity index (χ4n) is 1.96. The topological polar surface area (TPSA) is 50.8 Å². The van der Waals surface area contributed by atoms with Crippen LogP contribution in [0.2, 0.25) is 5.02 Å². The lowest BCUT2D eigenvalue weighted by Gasteiger charge is -2.18. The molecule has 110 valence electrons. The van der Waals surface area contributed by atoms with Crippen molar-refractivity contribution in [1.29, 1.82) is 0 Å². The largest absolute Gasteiger partial charge is 0.495 e. The van der Waals surface area contributed by atoms with Crippen LogP contribution in [0.1, 0.15) is 12.8 Å². The Morgan fingerprint density at radius 1 is 1.35 bits per heavy atom. The molecule has 1 aliphatic rings. The van der Waals surface area contributed by atoms with Crippen LogP contribution in [0.4, 0.5) is 5.69 Å². The smallest absolute Gasteiger partial charge is 0.241 e. The van der Waals surface area contributed by atoms with Gasteiger partial charge in [0.1, 0.15) is 11.5 Å². The first-order valence-corrected chi connectivity index (χ1v) is 6.85. The Hall–Kier alpha value is -1.62. The van der Waals surface area contributed by atoms with E-state index in [1.807, 2.05) is 7.05 Å². The highest BCUT2D eigenvalue weighted by molar-refractivity contribution is 6.32. The molecule has 1 amide bonds. The Morgan fingerprint density at radius 2 is 2.00 bits per heavy atom. The molecule has 0 spiro atoms. The van der Waals surface area contributed by atoms with E-state index in [4.69, 9.17) is 21.1 Å². The zero-order valence-corrected chi connectivity index (χ0v) is 12.7. The van der Waals surface area contributed by atoms with Crippen LogP contribution >= 0.6 is 11.6 Å². The van der Waals surface area contributed by atoms with Crippen LogP contribution in [0.5, 0.6) is 11.5 Å². The summed E-state index contributed by atoms with van der Waals surface area (Å²) in [6, 6.07) is 3.80. The maximum Gasteiger partial charge on any atom is 0.241 e. The summed E-state index contributed by atoms with van der Waals surface area (Å²) in [5.41, 5.74) is 0.677. The van der Waals surface area contributed by atoms with Crippen molar-refractivity contribution < 1.29 is 14.3 Å². The van der Waals surface area contributed by atoms with Crippen molar-refractivity contribution in [2.45, 2.75) is 18.9 Å². The lowest BCUT2D eigenvalue weighted by atomic mass is 10.2. The number of hydrogen-bond donors (Lipinski definition) is 1. The molecule has 1 aliphatic carbocycles. The quantitative estimate of drug-likeness (QED) is 0.876. The standard InChI is InChI=1S/C14H19ClN2O3/c1-17(9-4-5-9)14(18)8-16-11-6-10(15)12(19-2)7-13(11)20-3/h6-7,9,16H,4-5,8H2,1-3H3. The van der Waals surface area contributed by atoms with Crippen molar-refractivity contribution in [3.63, 3.8) is 0 Å². The minimum Gasteiger partial charge on any atom is -0.495 e. The summed E-state index contributed by atoms with van der Waals surface area (Å²) in [7, 11) is 4.94.